The first-order valence-electron chi connectivity index (χ1n) is 8.18. The topological polar surface area (TPSA) is 84.2 Å². The van der Waals surface area contributed by atoms with Gasteiger partial charge in [-0.3, -0.25) is 14.6 Å². The molecule has 0 saturated carbocycles. The number of carbonyl (C=O) groups excluding carboxylic acids is 2. The zero-order valence-electron chi connectivity index (χ0n) is 14.1. The maximum Gasteiger partial charge on any atom is 0.332 e. The van der Waals surface area contributed by atoms with Crippen molar-refractivity contribution >= 4 is 17.6 Å². The van der Waals surface area contributed by atoms with Gasteiger partial charge < -0.3 is 0 Å². The summed E-state index contributed by atoms with van der Waals surface area (Å²) < 4.78 is 14.7. The molecule has 2 aromatic rings. The number of halogens is 1. The minimum absolute atomic E-state index is 0.0103. The standard InChI is InChI=1S/C16H19FN6O2/c1-3-4-9-22-14(18-19-20-22)10-21-15(24)11(2)23(16(21)25)13-7-5-12(17)6-8-13/h5-8,11H,3-4,9-10H2,1-2H3. The number of aromatic nitrogens is 4. The Kier molecular flexibility index (Phi) is 4.73. The van der Waals surface area contributed by atoms with Crippen molar-refractivity contribution < 1.29 is 14.0 Å². The van der Waals surface area contributed by atoms with Gasteiger partial charge in [-0.05, 0) is 48.0 Å². The molecule has 2 heterocycles. The number of nitrogens with zero attached hydrogens (tertiary/aromatic N) is 6. The molecular formula is C16H19FN6O2. The first-order valence-corrected chi connectivity index (χ1v) is 8.18. The molecule has 9 heteroatoms. The maximum absolute atomic E-state index is 13.1. The molecule has 3 rings (SSSR count). The van der Waals surface area contributed by atoms with Crippen LogP contribution in [0.4, 0.5) is 14.9 Å². The zero-order chi connectivity index (χ0) is 18.0. The molecule has 0 aliphatic carbocycles. The smallest absolute Gasteiger partial charge is 0.282 e. The summed E-state index contributed by atoms with van der Waals surface area (Å²) in [5.74, 6) is -0.274. The summed E-state index contributed by atoms with van der Waals surface area (Å²) in [6, 6.07) is 4.34. The highest BCUT2D eigenvalue weighted by Gasteiger charge is 2.43. The van der Waals surface area contributed by atoms with Crippen LogP contribution in [0, 0.1) is 5.82 Å². The molecule has 1 unspecified atom stereocenters. The number of tetrazole rings is 1. The summed E-state index contributed by atoms with van der Waals surface area (Å²) in [7, 11) is 0. The van der Waals surface area contributed by atoms with Crippen LogP contribution in [-0.4, -0.2) is 43.1 Å². The Morgan fingerprint density at radius 1 is 1.20 bits per heavy atom. The number of urea groups is 1. The van der Waals surface area contributed by atoms with Gasteiger partial charge in [-0.1, -0.05) is 13.3 Å². The van der Waals surface area contributed by atoms with Gasteiger partial charge in [0.05, 0.1) is 6.54 Å². The Morgan fingerprint density at radius 2 is 1.92 bits per heavy atom. The Balaban J connectivity index is 1.81. The first kappa shape index (κ1) is 17.0. The summed E-state index contributed by atoms with van der Waals surface area (Å²) in [4.78, 5) is 27.7. The Morgan fingerprint density at radius 3 is 2.60 bits per heavy atom. The highest BCUT2D eigenvalue weighted by atomic mass is 19.1. The molecule has 0 spiro atoms. The molecule has 132 valence electrons. The predicted molar refractivity (Wildman–Crippen MR) is 87.0 cm³/mol. The van der Waals surface area contributed by atoms with Gasteiger partial charge in [0.2, 0.25) is 0 Å². The van der Waals surface area contributed by atoms with E-state index in [0.717, 1.165) is 17.7 Å². The van der Waals surface area contributed by atoms with Gasteiger partial charge in [-0.2, -0.15) is 0 Å². The molecule has 1 aliphatic rings. The monoisotopic (exact) mass is 346 g/mol. The van der Waals surface area contributed by atoms with E-state index in [0.29, 0.717) is 18.1 Å². The highest BCUT2D eigenvalue weighted by Crippen LogP contribution is 2.26. The number of carbonyl (C=O) groups is 2. The van der Waals surface area contributed by atoms with Crippen molar-refractivity contribution in [1.29, 1.82) is 0 Å². The van der Waals surface area contributed by atoms with Crippen LogP contribution in [0.25, 0.3) is 0 Å². The molecule has 3 amide bonds. The lowest BCUT2D eigenvalue weighted by atomic mass is 10.2. The number of rotatable bonds is 6. The van der Waals surface area contributed by atoms with Crippen LogP contribution in [0.1, 0.15) is 32.5 Å². The predicted octanol–water partition coefficient (Wildman–Crippen LogP) is 1.97. The molecule has 1 aromatic heterocycles. The molecule has 1 aromatic carbocycles. The minimum atomic E-state index is -0.669. The van der Waals surface area contributed by atoms with Gasteiger partial charge >= 0.3 is 6.03 Å². The third-order valence-corrected chi connectivity index (χ3v) is 4.18. The highest BCUT2D eigenvalue weighted by molar-refractivity contribution is 6.13. The summed E-state index contributed by atoms with van der Waals surface area (Å²) in [5.41, 5.74) is 0.473. The van der Waals surface area contributed by atoms with E-state index in [1.54, 1.807) is 11.6 Å². The van der Waals surface area contributed by atoms with E-state index < -0.39 is 17.9 Å². The molecule has 1 fully saturated rings. The van der Waals surface area contributed by atoms with Crippen LogP contribution >= 0.6 is 0 Å². The van der Waals surface area contributed by atoms with Gasteiger partial charge in [0.1, 0.15) is 11.9 Å². The third kappa shape index (κ3) is 3.21. The number of aryl methyl sites for hydroxylation is 1. The van der Waals surface area contributed by atoms with E-state index in [1.807, 2.05) is 0 Å². The number of hydrogen-bond donors (Lipinski definition) is 0. The van der Waals surface area contributed by atoms with E-state index in [4.69, 9.17) is 0 Å². The van der Waals surface area contributed by atoms with Crippen LogP contribution in [0.3, 0.4) is 0 Å². The lowest BCUT2D eigenvalue weighted by Gasteiger charge is -2.19. The van der Waals surface area contributed by atoms with Crippen molar-refractivity contribution in [1.82, 2.24) is 25.1 Å². The van der Waals surface area contributed by atoms with E-state index in [1.165, 1.54) is 29.2 Å². The van der Waals surface area contributed by atoms with Gasteiger partial charge in [0, 0.05) is 12.2 Å². The normalized spacial score (nSPS) is 17.6. The molecule has 1 aliphatic heterocycles. The second-order valence-corrected chi connectivity index (χ2v) is 5.90. The number of amides is 3. The van der Waals surface area contributed by atoms with Crippen molar-refractivity contribution in [2.45, 2.75) is 45.8 Å². The number of unbranched alkanes of at least 4 members (excludes halogenated alkanes) is 1. The summed E-state index contributed by atoms with van der Waals surface area (Å²) in [6.07, 6.45) is 1.88. The average Bonchev–Trinajstić information content (AvgIpc) is 3.13. The summed E-state index contributed by atoms with van der Waals surface area (Å²) in [6.45, 7) is 4.34. The van der Waals surface area contributed by atoms with Gasteiger partial charge in [-0.15, -0.1) is 5.10 Å². The van der Waals surface area contributed by atoms with E-state index in [2.05, 4.69) is 22.4 Å². The number of hydrogen-bond acceptors (Lipinski definition) is 5. The fourth-order valence-electron chi connectivity index (χ4n) is 2.77. The van der Waals surface area contributed by atoms with E-state index >= 15 is 0 Å². The Hall–Kier alpha value is -2.84. The molecule has 0 bridgehead atoms. The van der Waals surface area contributed by atoms with E-state index in [-0.39, 0.29) is 12.5 Å². The van der Waals surface area contributed by atoms with Crippen molar-refractivity contribution in [2.75, 3.05) is 4.90 Å². The zero-order valence-corrected chi connectivity index (χ0v) is 14.1. The minimum Gasteiger partial charge on any atom is -0.282 e. The third-order valence-electron chi connectivity index (χ3n) is 4.18. The molecule has 8 nitrogen and oxygen atoms in total. The quantitative estimate of drug-likeness (QED) is 0.747. The van der Waals surface area contributed by atoms with Crippen LogP contribution < -0.4 is 4.90 Å². The molecule has 1 saturated heterocycles. The molecule has 1 atom stereocenters. The summed E-state index contributed by atoms with van der Waals surface area (Å²) >= 11 is 0. The lowest BCUT2D eigenvalue weighted by Crippen LogP contribution is -2.34. The van der Waals surface area contributed by atoms with Gasteiger partial charge in [0.15, 0.2) is 5.82 Å². The SMILES string of the molecule is CCCCn1nnnc1CN1C(=O)C(C)N(c2ccc(F)cc2)C1=O. The van der Waals surface area contributed by atoms with Crippen molar-refractivity contribution in [3.8, 4) is 0 Å². The largest absolute Gasteiger partial charge is 0.332 e. The van der Waals surface area contributed by atoms with Crippen LogP contribution in [0.2, 0.25) is 0 Å². The molecule has 25 heavy (non-hydrogen) atoms. The summed E-state index contributed by atoms with van der Waals surface area (Å²) in [5, 5.41) is 11.5. The fourth-order valence-corrected chi connectivity index (χ4v) is 2.77. The fraction of sp³-hybridized carbons (Fsp3) is 0.438. The lowest BCUT2D eigenvalue weighted by molar-refractivity contribution is -0.127. The van der Waals surface area contributed by atoms with Crippen LogP contribution in [0.5, 0.6) is 0 Å². The van der Waals surface area contributed by atoms with Crippen molar-refractivity contribution in [3.05, 3.63) is 35.9 Å². The first-order chi connectivity index (χ1) is 12.0. The number of imide groups is 1. The maximum atomic E-state index is 13.1. The van der Waals surface area contributed by atoms with Crippen molar-refractivity contribution in [2.24, 2.45) is 0 Å². The van der Waals surface area contributed by atoms with Crippen molar-refractivity contribution in [3.63, 3.8) is 0 Å². The Labute approximate surface area is 144 Å². The second kappa shape index (κ2) is 6.96. The van der Waals surface area contributed by atoms with Gasteiger partial charge in [0.25, 0.3) is 5.91 Å². The molecule has 0 N–H and O–H groups in total. The second-order valence-electron chi connectivity index (χ2n) is 5.90. The molecule has 0 radical (unpaired) electrons. The van der Waals surface area contributed by atoms with E-state index in [9.17, 15) is 14.0 Å². The van der Waals surface area contributed by atoms with Gasteiger partial charge in [-0.25, -0.2) is 13.9 Å². The number of anilines is 1. The average molecular weight is 346 g/mol. The molecular weight excluding hydrogens is 327 g/mol. The number of benzene rings is 1. The Bertz CT molecular complexity index is 775. The van der Waals surface area contributed by atoms with Crippen LogP contribution in [-0.2, 0) is 17.9 Å². The van der Waals surface area contributed by atoms with Crippen LogP contribution in [0.15, 0.2) is 24.3 Å².